The van der Waals surface area contributed by atoms with Gasteiger partial charge in [0.1, 0.15) is 6.04 Å². The lowest BCUT2D eigenvalue weighted by molar-refractivity contribution is -0.124. The Morgan fingerprint density at radius 2 is 2.03 bits per heavy atom. The van der Waals surface area contributed by atoms with E-state index in [-0.39, 0.29) is 11.9 Å². The fourth-order valence-corrected chi connectivity index (χ4v) is 3.85. The molecular weight excluding hydrogens is 386 g/mol. The summed E-state index contributed by atoms with van der Waals surface area (Å²) in [4.78, 5) is 23.9. The Bertz CT molecular complexity index is 822. The van der Waals surface area contributed by atoms with Crippen LogP contribution >= 0.6 is 0 Å². The van der Waals surface area contributed by atoms with Gasteiger partial charge in [0, 0.05) is 23.8 Å². The number of hydrogen-bond donors (Lipinski definition) is 5. The maximum absolute atomic E-state index is 12.7. The lowest BCUT2D eigenvalue weighted by Gasteiger charge is -2.27. The van der Waals surface area contributed by atoms with Crippen molar-refractivity contribution in [3.05, 3.63) is 24.3 Å². The van der Waals surface area contributed by atoms with Crippen LogP contribution < -0.4 is 16.0 Å². The molecule has 0 aliphatic heterocycles. The molecule has 0 spiro atoms. The van der Waals surface area contributed by atoms with Gasteiger partial charge in [-0.05, 0) is 36.6 Å². The minimum Gasteiger partial charge on any atom is -0.465 e. The number of benzene rings is 1. The Hall–Kier alpha value is -3.17. The predicted molar refractivity (Wildman–Crippen MR) is 112 cm³/mol. The summed E-state index contributed by atoms with van der Waals surface area (Å²) in [5.74, 6) is 0.616. The lowest BCUT2D eigenvalue weighted by Crippen LogP contribution is -2.50. The molecule has 1 aliphatic rings. The number of nitrogens with zero attached hydrogens (tertiary/aromatic N) is 3. The number of hydrogen-bond acceptors (Lipinski definition) is 6. The molecule has 1 heterocycles. The Balaban J connectivity index is 1.51. The quantitative estimate of drug-likeness (QED) is 0.423. The Morgan fingerprint density at radius 3 is 2.73 bits per heavy atom. The second-order valence-electron chi connectivity index (χ2n) is 7.85. The van der Waals surface area contributed by atoms with Crippen molar-refractivity contribution < 1.29 is 14.7 Å². The highest BCUT2D eigenvalue weighted by atomic mass is 16.4. The first-order valence-corrected chi connectivity index (χ1v) is 10.4. The van der Waals surface area contributed by atoms with Crippen molar-refractivity contribution in [3.8, 4) is 11.4 Å². The summed E-state index contributed by atoms with van der Waals surface area (Å²) >= 11 is 0. The van der Waals surface area contributed by atoms with Crippen molar-refractivity contribution in [1.29, 1.82) is 0 Å². The number of carbonyl (C=O) groups is 2. The number of carboxylic acid groups (broad SMARTS) is 1. The van der Waals surface area contributed by atoms with Gasteiger partial charge >= 0.3 is 6.09 Å². The average molecular weight is 415 g/mol. The second-order valence-corrected chi connectivity index (χ2v) is 7.85. The molecule has 1 aromatic heterocycles. The van der Waals surface area contributed by atoms with Gasteiger partial charge in [-0.15, -0.1) is 10.2 Å². The van der Waals surface area contributed by atoms with Crippen LogP contribution in [0.15, 0.2) is 24.3 Å². The number of carbonyl (C=O) groups excluding carboxylic acids is 1. The van der Waals surface area contributed by atoms with Crippen LogP contribution in [0.3, 0.4) is 0 Å². The number of aromatic amines is 1. The van der Waals surface area contributed by atoms with Crippen LogP contribution in [0.4, 0.5) is 10.5 Å². The molecule has 2 aromatic rings. The zero-order valence-corrected chi connectivity index (χ0v) is 17.1. The molecule has 0 bridgehead atoms. The monoisotopic (exact) mass is 415 g/mol. The molecule has 162 valence electrons. The third kappa shape index (κ3) is 6.43. The van der Waals surface area contributed by atoms with Crippen molar-refractivity contribution in [2.45, 2.75) is 57.5 Å². The van der Waals surface area contributed by atoms with Crippen molar-refractivity contribution in [2.75, 3.05) is 11.9 Å². The molecule has 0 saturated heterocycles. The summed E-state index contributed by atoms with van der Waals surface area (Å²) in [6.07, 6.45) is 5.00. The zero-order valence-electron chi connectivity index (χ0n) is 17.1. The first-order chi connectivity index (χ1) is 14.5. The van der Waals surface area contributed by atoms with E-state index in [1.165, 1.54) is 6.42 Å². The van der Waals surface area contributed by atoms with E-state index in [0.717, 1.165) is 36.9 Å². The predicted octanol–water partition coefficient (Wildman–Crippen LogP) is 2.39. The number of H-pyrrole nitrogens is 1. The van der Waals surface area contributed by atoms with Crippen molar-refractivity contribution in [2.24, 2.45) is 5.92 Å². The fourth-order valence-electron chi connectivity index (χ4n) is 3.85. The van der Waals surface area contributed by atoms with Gasteiger partial charge in [0.25, 0.3) is 0 Å². The number of aromatic nitrogens is 4. The summed E-state index contributed by atoms with van der Waals surface area (Å²) in [6, 6.07) is 6.67. The first kappa shape index (κ1) is 21.5. The van der Waals surface area contributed by atoms with Crippen LogP contribution in [-0.2, 0) is 4.79 Å². The Morgan fingerprint density at radius 1 is 1.23 bits per heavy atom. The molecule has 1 saturated carbocycles. The molecule has 0 radical (unpaired) electrons. The maximum atomic E-state index is 12.7. The van der Waals surface area contributed by atoms with Crippen LogP contribution in [0.2, 0.25) is 0 Å². The molecular formula is C20H29N7O3. The smallest absolute Gasteiger partial charge is 0.405 e. The normalized spacial score (nSPS) is 16.4. The minimum atomic E-state index is -1.17. The maximum Gasteiger partial charge on any atom is 0.405 e. The SMILES string of the molecule is C[C@@H](CNc1cccc(-c2nn[nH]n2)c1)NC(=O)[C@H](CC1CCCCC1)NC(=O)O. The van der Waals surface area contributed by atoms with E-state index in [9.17, 15) is 9.59 Å². The largest absolute Gasteiger partial charge is 0.465 e. The number of rotatable bonds is 9. The van der Waals surface area contributed by atoms with Gasteiger partial charge in [0.2, 0.25) is 11.7 Å². The number of amides is 2. The molecule has 30 heavy (non-hydrogen) atoms. The van der Waals surface area contributed by atoms with Crippen molar-refractivity contribution >= 4 is 17.7 Å². The summed E-state index contributed by atoms with van der Waals surface area (Å²) in [5, 5.41) is 31.6. The van der Waals surface area contributed by atoms with Gasteiger partial charge in [-0.2, -0.15) is 5.21 Å². The van der Waals surface area contributed by atoms with Crippen LogP contribution in [-0.4, -0.2) is 56.4 Å². The lowest BCUT2D eigenvalue weighted by atomic mass is 9.84. The third-order valence-electron chi connectivity index (χ3n) is 5.38. The van der Waals surface area contributed by atoms with E-state index in [4.69, 9.17) is 5.11 Å². The van der Waals surface area contributed by atoms with Gasteiger partial charge in [0.05, 0.1) is 0 Å². The molecule has 2 amide bonds. The molecule has 2 atom stereocenters. The van der Waals surface area contributed by atoms with E-state index in [1.54, 1.807) is 0 Å². The van der Waals surface area contributed by atoms with Crippen molar-refractivity contribution in [1.82, 2.24) is 31.3 Å². The van der Waals surface area contributed by atoms with E-state index in [1.807, 2.05) is 31.2 Å². The first-order valence-electron chi connectivity index (χ1n) is 10.4. The van der Waals surface area contributed by atoms with E-state index in [0.29, 0.717) is 24.7 Å². The molecule has 5 N–H and O–H groups in total. The molecule has 1 aromatic carbocycles. The topological polar surface area (TPSA) is 145 Å². The zero-order chi connectivity index (χ0) is 21.3. The highest BCUT2D eigenvalue weighted by molar-refractivity contribution is 5.85. The number of tetrazole rings is 1. The third-order valence-corrected chi connectivity index (χ3v) is 5.38. The number of anilines is 1. The average Bonchev–Trinajstić information content (AvgIpc) is 3.27. The summed E-state index contributed by atoms with van der Waals surface area (Å²) in [7, 11) is 0. The molecule has 10 heteroatoms. The second kappa shape index (κ2) is 10.6. The molecule has 1 aliphatic carbocycles. The molecule has 0 unspecified atom stereocenters. The standard InChI is InChI=1S/C20H29N7O3/c1-13(12-21-16-9-5-8-15(11-16)18-24-26-27-25-18)22-19(28)17(23-20(29)30)10-14-6-3-2-4-7-14/h5,8-9,11,13-14,17,21,23H,2-4,6-7,10,12H2,1H3,(H,22,28)(H,29,30)(H,24,25,26,27)/t13-,17-/m0/s1. The van der Waals surface area contributed by atoms with Crippen LogP contribution in [0, 0.1) is 5.92 Å². The van der Waals surface area contributed by atoms with Gasteiger partial charge < -0.3 is 21.1 Å². The summed E-state index contributed by atoms with van der Waals surface area (Å²) in [6.45, 7) is 2.37. The molecule has 1 fully saturated rings. The van der Waals surface area contributed by atoms with E-state index < -0.39 is 12.1 Å². The van der Waals surface area contributed by atoms with E-state index in [2.05, 4.69) is 36.6 Å². The minimum absolute atomic E-state index is 0.184. The Kier molecular flexibility index (Phi) is 7.58. The van der Waals surface area contributed by atoms with Crippen molar-refractivity contribution in [3.63, 3.8) is 0 Å². The highest BCUT2D eigenvalue weighted by Gasteiger charge is 2.26. The number of nitrogens with one attached hydrogen (secondary N) is 4. The summed E-state index contributed by atoms with van der Waals surface area (Å²) in [5.41, 5.74) is 1.68. The van der Waals surface area contributed by atoms with E-state index >= 15 is 0 Å². The van der Waals surface area contributed by atoms with Crippen LogP contribution in [0.25, 0.3) is 11.4 Å². The molecule has 3 rings (SSSR count). The Labute approximate surface area is 175 Å². The van der Waals surface area contributed by atoms with Gasteiger partial charge in [-0.25, -0.2) is 4.79 Å². The summed E-state index contributed by atoms with van der Waals surface area (Å²) < 4.78 is 0. The van der Waals surface area contributed by atoms with Gasteiger partial charge in [0.15, 0.2) is 0 Å². The van der Waals surface area contributed by atoms with Crippen LogP contribution in [0.1, 0.15) is 45.4 Å². The molecule has 10 nitrogen and oxygen atoms in total. The fraction of sp³-hybridized carbons (Fsp3) is 0.550. The highest BCUT2D eigenvalue weighted by Crippen LogP contribution is 2.27. The van der Waals surface area contributed by atoms with Gasteiger partial charge in [-0.3, -0.25) is 4.79 Å². The van der Waals surface area contributed by atoms with Crippen LogP contribution in [0.5, 0.6) is 0 Å². The van der Waals surface area contributed by atoms with Gasteiger partial charge in [-0.1, -0.05) is 44.2 Å².